The summed E-state index contributed by atoms with van der Waals surface area (Å²) in [5.74, 6) is -0.409. The molecule has 6 heteroatoms. The summed E-state index contributed by atoms with van der Waals surface area (Å²) in [6.45, 7) is 10.0. The molecule has 0 spiro atoms. The molecule has 1 heterocycles. The zero-order valence-electron chi connectivity index (χ0n) is 14.5. The first-order valence-corrected chi connectivity index (χ1v) is 7.96. The Morgan fingerprint density at radius 2 is 1.70 bits per heavy atom. The van der Waals surface area contributed by atoms with E-state index in [1.807, 2.05) is 27.7 Å². The third kappa shape index (κ3) is 3.87. The quantitative estimate of drug-likeness (QED) is 0.667. The molecule has 1 N–H and O–H groups in total. The Morgan fingerprint density at radius 1 is 1.17 bits per heavy atom. The van der Waals surface area contributed by atoms with Crippen LogP contribution in [0.15, 0.2) is 24.3 Å². The minimum Gasteiger partial charge on any atom is -0.508 e. The van der Waals surface area contributed by atoms with Crippen molar-refractivity contribution in [2.45, 2.75) is 58.1 Å². The van der Waals surface area contributed by atoms with Gasteiger partial charge in [0.1, 0.15) is 5.75 Å². The second-order valence-corrected chi connectivity index (χ2v) is 6.83. The first-order valence-electron chi connectivity index (χ1n) is 7.96. The number of carbonyl (C=O) groups is 1. The number of hydrogen-bond acceptors (Lipinski definition) is 5. The van der Waals surface area contributed by atoms with E-state index in [0.717, 1.165) is 5.56 Å². The molecule has 0 aromatic heterocycles. The van der Waals surface area contributed by atoms with Crippen molar-refractivity contribution in [2.24, 2.45) is 0 Å². The third-order valence-electron chi connectivity index (χ3n) is 4.61. The molecule has 1 saturated heterocycles. The molecule has 126 valence electrons. The summed E-state index contributed by atoms with van der Waals surface area (Å²) in [5, 5.41) is 9.48. The van der Waals surface area contributed by atoms with Crippen LogP contribution in [0.4, 0.5) is 0 Å². The second-order valence-electron chi connectivity index (χ2n) is 6.83. The van der Waals surface area contributed by atoms with E-state index in [0.29, 0.717) is 6.61 Å². The lowest BCUT2D eigenvalue weighted by Crippen LogP contribution is -2.41. The SMILES string of the molecule is CCOC(=O)CC(B1OC(C)(C)C(C)(C)O1)c1ccc(O)cc1. The monoisotopic (exact) mass is 320 g/mol. The van der Waals surface area contributed by atoms with Crippen LogP contribution < -0.4 is 0 Å². The number of phenols is 1. The van der Waals surface area contributed by atoms with Gasteiger partial charge in [0.05, 0.1) is 24.2 Å². The lowest BCUT2D eigenvalue weighted by atomic mass is 9.66. The highest BCUT2D eigenvalue weighted by atomic mass is 16.7. The minimum absolute atomic E-state index is 0.162. The maximum Gasteiger partial charge on any atom is 0.466 e. The van der Waals surface area contributed by atoms with E-state index < -0.39 is 18.3 Å². The van der Waals surface area contributed by atoms with Crippen LogP contribution >= 0.6 is 0 Å². The molecule has 0 aliphatic carbocycles. The van der Waals surface area contributed by atoms with Gasteiger partial charge < -0.3 is 19.2 Å². The maximum atomic E-state index is 12.0. The van der Waals surface area contributed by atoms with Gasteiger partial charge in [0.25, 0.3) is 0 Å². The van der Waals surface area contributed by atoms with Gasteiger partial charge in [-0.2, -0.15) is 0 Å². The van der Waals surface area contributed by atoms with Crippen molar-refractivity contribution >= 4 is 13.1 Å². The van der Waals surface area contributed by atoms with E-state index in [9.17, 15) is 9.90 Å². The van der Waals surface area contributed by atoms with Crippen molar-refractivity contribution in [1.82, 2.24) is 0 Å². The first kappa shape index (κ1) is 17.8. The third-order valence-corrected chi connectivity index (χ3v) is 4.61. The summed E-state index contributed by atoms with van der Waals surface area (Å²) >= 11 is 0. The Kier molecular flexibility index (Phi) is 5.06. The Morgan fingerprint density at radius 3 is 2.17 bits per heavy atom. The van der Waals surface area contributed by atoms with Gasteiger partial charge in [0, 0.05) is 5.82 Å². The molecule has 0 amide bonds. The second kappa shape index (κ2) is 6.53. The van der Waals surface area contributed by atoms with Gasteiger partial charge in [-0.3, -0.25) is 4.79 Å². The zero-order chi connectivity index (χ0) is 17.3. The molecule has 1 aromatic carbocycles. The van der Waals surface area contributed by atoms with Crippen molar-refractivity contribution in [2.75, 3.05) is 6.61 Å². The minimum atomic E-state index is -0.547. The molecule has 1 unspecified atom stereocenters. The van der Waals surface area contributed by atoms with E-state index >= 15 is 0 Å². The van der Waals surface area contributed by atoms with Crippen LogP contribution in [0.1, 0.15) is 52.4 Å². The Labute approximate surface area is 138 Å². The number of phenolic OH excluding ortho intramolecular Hbond substituents is 1. The Bertz CT molecular complexity index is 537. The summed E-state index contributed by atoms with van der Waals surface area (Å²) in [5.41, 5.74) is -0.0717. The fourth-order valence-electron chi connectivity index (χ4n) is 2.55. The lowest BCUT2D eigenvalue weighted by Gasteiger charge is -2.32. The maximum absolute atomic E-state index is 12.0. The summed E-state index contributed by atoms with van der Waals surface area (Å²) in [6.07, 6.45) is 0.162. The molecular weight excluding hydrogens is 295 g/mol. The van der Waals surface area contributed by atoms with E-state index in [1.165, 1.54) is 0 Å². The highest BCUT2D eigenvalue weighted by molar-refractivity contribution is 6.48. The molecule has 1 atom stereocenters. The molecule has 0 saturated carbocycles. The number of esters is 1. The highest BCUT2D eigenvalue weighted by Crippen LogP contribution is 2.42. The van der Waals surface area contributed by atoms with Gasteiger partial charge in [-0.1, -0.05) is 12.1 Å². The summed E-state index contributed by atoms with van der Waals surface area (Å²) in [7, 11) is -0.547. The molecule has 0 bridgehead atoms. The van der Waals surface area contributed by atoms with Crippen molar-refractivity contribution in [3.8, 4) is 5.75 Å². The Hall–Kier alpha value is -1.53. The average molecular weight is 320 g/mol. The van der Waals surface area contributed by atoms with Crippen LogP contribution in [-0.2, 0) is 18.8 Å². The number of hydrogen-bond donors (Lipinski definition) is 1. The molecule has 1 aliphatic rings. The van der Waals surface area contributed by atoms with E-state index in [-0.39, 0.29) is 24.0 Å². The topological polar surface area (TPSA) is 65.0 Å². The van der Waals surface area contributed by atoms with Crippen LogP contribution in [0.25, 0.3) is 0 Å². The number of aromatic hydroxyl groups is 1. The number of carbonyl (C=O) groups excluding carboxylic acids is 1. The molecule has 5 nitrogen and oxygen atoms in total. The van der Waals surface area contributed by atoms with E-state index in [1.54, 1.807) is 31.2 Å². The van der Waals surface area contributed by atoms with E-state index in [2.05, 4.69) is 0 Å². The van der Waals surface area contributed by atoms with Crippen LogP contribution in [-0.4, -0.2) is 36.0 Å². The van der Waals surface area contributed by atoms with Crippen molar-refractivity contribution < 1.29 is 23.9 Å². The molecular formula is C17H25BO5. The van der Waals surface area contributed by atoms with Crippen molar-refractivity contribution in [1.29, 1.82) is 0 Å². The van der Waals surface area contributed by atoms with Gasteiger partial charge in [-0.05, 0) is 52.3 Å². The number of ether oxygens (including phenoxy) is 1. The number of rotatable bonds is 5. The molecule has 0 radical (unpaired) electrons. The van der Waals surface area contributed by atoms with Crippen LogP contribution in [0.3, 0.4) is 0 Å². The standard InChI is InChI=1S/C17H25BO5/c1-6-21-15(20)11-14(12-7-9-13(19)10-8-12)18-22-16(2,3)17(4,5)23-18/h7-10,14,19H,6,11H2,1-5H3. The lowest BCUT2D eigenvalue weighted by molar-refractivity contribution is -0.143. The summed E-state index contributed by atoms with van der Waals surface area (Å²) in [4.78, 5) is 12.0. The highest BCUT2D eigenvalue weighted by Gasteiger charge is 2.54. The molecule has 2 rings (SSSR count). The van der Waals surface area contributed by atoms with Crippen LogP contribution in [0, 0.1) is 0 Å². The van der Waals surface area contributed by atoms with Gasteiger partial charge in [-0.25, -0.2) is 0 Å². The zero-order valence-corrected chi connectivity index (χ0v) is 14.5. The number of benzene rings is 1. The molecule has 1 aromatic rings. The van der Waals surface area contributed by atoms with Gasteiger partial charge in [-0.15, -0.1) is 0 Å². The average Bonchev–Trinajstić information content (AvgIpc) is 2.66. The predicted molar refractivity (Wildman–Crippen MR) is 88.2 cm³/mol. The molecule has 23 heavy (non-hydrogen) atoms. The van der Waals surface area contributed by atoms with Gasteiger partial charge in [0.15, 0.2) is 0 Å². The van der Waals surface area contributed by atoms with E-state index in [4.69, 9.17) is 14.0 Å². The van der Waals surface area contributed by atoms with Crippen molar-refractivity contribution in [3.63, 3.8) is 0 Å². The normalized spacial score (nSPS) is 20.3. The fraction of sp³-hybridized carbons (Fsp3) is 0.588. The smallest absolute Gasteiger partial charge is 0.466 e. The van der Waals surface area contributed by atoms with Gasteiger partial charge >= 0.3 is 13.1 Å². The summed E-state index contributed by atoms with van der Waals surface area (Å²) < 4.78 is 17.3. The largest absolute Gasteiger partial charge is 0.508 e. The van der Waals surface area contributed by atoms with Crippen LogP contribution in [0.2, 0.25) is 0 Å². The molecule has 1 aliphatic heterocycles. The van der Waals surface area contributed by atoms with Crippen molar-refractivity contribution in [3.05, 3.63) is 29.8 Å². The molecule has 1 fully saturated rings. The fourth-order valence-corrected chi connectivity index (χ4v) is 2.55. The predicted octanol–water partition coefficient (Wildman–Crippen LogP) is 3.06. The van der Waals surface area contributed by atoms with Crippen LogP contribution in [0.5, 0.6) is 5.75 Å². The van der Waals surface area contributed by atoms with Gasteiger partial charge in [0.2, 0.25) is 0 Å². The summed E-state index contributed by atoms with van der Waals surface area (Å²) in [6, 6.07) is 6.76. The first-order chi connectivity index (χ1) is 10.7. The Balaban J connectivity index is 2.27.